The smallest absolute Gasteiger partial charge is 0.190 e. The number of rotatable bonds is 7. The van der Waals surface area contributed by atoms with Gasteiger partial charge in [-0.1, -0.05) is 52.0 Å². The van der Waals surface area contributed by atoms with Crippen molar-refractivity contribution in [1.29, 1.82) is 0 Å². The van der Waals surface area contributed by atoms with E-state index in [9.17, 15) is 0 Å². The van der Waals surface area contributed by atoms with Crippen LogP contribution in [-0.2, 0) is 11.8 Å². The molecular formula is C23H42IN5. The van der Waals surface area contributed by atoms with Crippen molar-refractivity contribution in [2.75, 3.05) is 59.9 Å². The molecule has 0 aromatic heterocycles. The van der Waals surface area contributed by atoms with Gasteiger partial charge >= 0.3 is 0 Å². The van der Waals surface area contributed by atoms with Gasteiger partial charge in [0.15, 0.2) is 5.96 Å². The van der Waals surface area contributed by atoms with E-state index >= 15 is 0 Å². The summed E-state index contributed by atoms with van der Waals surface area (Å²) in [6.45, 7) is 16.8. The Morgan fingerprint density at radius 1 is 1.07 bits per heavy atom. The van der Waals surface area contributed by atoms with Gasteiger partial charge in [-0.15, -0.1) is 24.0 Å². The van der Waals surface area contributed by atoms with Gasteiger partial charge in [0.25, 0.3) is 0 Å². The third-order valence-electron chi connectivity index (χ3n) is 5.53. The van der Waals surface area contributed by atoms with E-state index in [2.05, 4.69) is 84.4 Å². The zero-order valence-corrected chi connectivity index (χ0v) is 21.6. The molecule has 166 valence electrons. The molecule has 1 atom stereocenters. The molecule has 2 N–H and O–H groups in total. The van der Waals surface area contributed by atoms with Gasteiger partial charge in [-0.3, -0.25) is 4.99 Å². The number of hydrogen-bond donors (Lipinski definition) is 2. The average molecular weight is 516 g/mol. The summed E-state index contributed by atoms with van der Waals surface area (Å²) in [6, 6.07) is 9.00. The van der Waals surface area contributed by atoms with Gasteiger partial charge < -0.3 is 20.4 Å². The quantitative estimate of drug-likeness (QED) is 0.333. The Morgan fingerprint density at radius 2 is 1.69 bits per heavy atom. The van der Waals surface area contributed by atoms with Crippen LogP contribution in [0.2, 0.25) is 0 Å². The molecule has 1 aliphatic rings. The third-order valence-corrected chi connectivity index (χ3v) is 5.53. The van der Waals surface area contributed by atoms with Crippen molar-refractivity contribution >= 4 is 29.9 Å². The molecule has 29 heavy (non-hydrogen) atoms. The van der Waals surface area contributed by atoms with E-state index in [4.69, 9.17) is 0 Å². The number of guanidine groups is 1. The highest BCUT2D eigenvalue weighted by molar-refractivity contribution is 14.0. The SMILES string of the molecule is CN=C(NCCc1ccc(C(C)(C)C)cc1)NCC(C)CN1CCN(C)CC1.I. The number of benzene rings is 1. The lowest BCUT2D eigenvalue weighted by atomic mass is 9.86. The molecule has 0 radical (unpaired) electrons. The maximum absolute atomic E-state index is 4.37. The fourth-order valence-electron chi connectivity index (χ4n) is 3.52. The summed E-state index contributed by atoms with van der Waals surface area (Å²) in [7, 11) is 4.05. The van der Waals surface area contributed by atoms with Crippen molar-refractivity contribution in [3.05, 3.63) is 35.4 Å². The summed E-state index contributed by atoms with van der Waals surface area (Å²) in [6.07, 6.45) is 1.00. The van der Waals surface area contributed by atoms with Crippen LogP contribution in [0.4, 0.5) is 0 Å². The highest BCUT2D eigenvalue weighted by Crippen LogP contribution is 2.22. The first-order chi connectivity index (χ1) is 13.3. The highest BCUT2D eigenvalue weighted by Gasteiger charge is 2.16. The minimum absolute atomic E-state index is 0. The monoisotopic (exact) mass is 515 g/mol. The van der Waals surface area contributed by atoms with Gasteiger partial charge in [-0.25, -0.2) is 0 Å². The third kappa shape index (κ3) is 9.66. The zero-order chi connectivity index (χ0) is 20.6. The zero-order valence-electron chi connectivity index (χ0n) is 19.3. The van der Waals surface area contributed by atoms with E-state index in [0.29, 0.717) is 5.92 Å². The number of halogens is 1. The fourth-order valence-corrected chi connectivity index (χ4v) is 3.52. The van der Waals surface area contributed by atoms with E-state index in [0.717, 1.165) is 32.0 Å². The van der Waals surface area contributed by atoms with E-state index < -0.39 is 0 Å². The molecule has 1 aromatic rings. The van der Waals surface area contributed by atoms with Gasteiger partial charge in [-0.2, -0.15) is 0 Å². The summed E-state index contributed by atoms with van der Waals surface area (Å²) < 4.78 is 0. The minimum Gasteiger partial charge on any atom is -0.356 e. The summed E-state index contributed by atoms with van der Waals surface area (Å²) in [5.41, 5.74) is 2.96. The standard InChI is InChI=1S/C23H41N5.HI/c1-19(18-28-15-13-27(6)14-16-28)17-26-22(24-5)25-12-11-20-7-9-21(10-8-20)23(2,3)4;/h7-10,19H,11-18H2,1-6H3,(H2,24,25,26);1H. The normalized spacial score (nSPS) is 17.5. The summed E-state index contributed by atoms with van der Waals surface area (Å²) in [5.74, 6) is 1.50. The lowest BCUT2D eigenvalue weighted by molar-refractivity contribution is 0.139. The summed E-state index contributed by atoms with van der Waals surface area (Å²) >= 11 is 0. The predicted octanol–water partition coefficient (Wildman–Crippen LogP) is 3.19. The van der Waals surface area contributed by atoms with Gasteiger partial charge in [0, 0.05) is 52.9 Å². The van der Waals surface area contributed by atoms with Crippen molar-refractivity contribution in [1.82, 2.24) is 20.4 Å². The molecular weight excluding hydrogens is 473 g/mol. The van der Waals surface area contributed by atoms with Crippen molar-refractivity contribution in [3.63, 3.8) is 0 Å². The number of aliphatic imine (C=N–C) groups is 1. The predicted molar refractivity (Wildman–Crippen MR) is 137 cm³/mol. The second kappa shape index (κ2) is 12.7. The van der Waals surface area contributed by atoms with E-state index in [1.807, 2.05) is 7.05 Å². The number of likely N-dealkylation sites (N-methyl/N-ethyl adjacent to an activating group) is 1. The van der Waals surface area contributed by atoms with Crippen LogP contribution in [0, 0.1) is 5.92 Å². The molecule has 6 heteroatoms. The topological polar surface area (TPSA) is 42.9 Å². The second-order valence-electron chi connectivity index (χ2n) is 9.29. The maximum Gasteiger partial charge on any atom is 0.190 e. The molecule has 0 saturated carbocycles. The Bertz CT molecular complexity index is 601. The Kier molecular flexibility index (Phi) is 11.5. The van der Waals surface area contributed by atoms with Crippen LogP contribution in [0.1, 0.15) is 38.8 Å². The largest absolute Gasteiger partial charge is 0.356 e. The fraction of sp³-hybridized carbons (Fsp3) is 0.696. The Labute approximate surface area is 195 Å². The molecule has 5 nitrogen and oxygen atoms in total. The first kappa shape index (κ1) is 26.2. The first-order valence-electron chi connectivity index (χ1n) is 10.7. The van der Waals surface area contributed by atoms with Crippen LogP contribution in [0.25, 0.3) is 0 Å². The van der Waals surface area contributed by atoms with Crippen LogP contribution in [0.5, 0.6) is 0 Å². The highest BCUT2D eigenvalue weighted by atomic mass is 127. The lowest BCUT2D eigenvalue weighted by Crippen LogP contribution is -2.47. The summed E-state index contributed by atoms with van der Waals surface area (Å²) in [5, 5.41) is 6.93. The molecule has 0 bridgehead atoms. The molecule has 1 aromatic carbocycles. The minimum atomic E-state index is 0. The van der Waals surface area contributed by atoms with Crippen LogP contribution < -0.4 is 10.6 Å². The molecule has 0 aliphatic carbocycles. The van der Waals surface area contributed by atoms with Crippen LogP contribution in [0.3, 0.4) is 0 Å². The molecule has 1 heterocycles. The Morgan fingerprint density at radius 3 is 2.24 bits per heavy atom. The number of piperazine rings is 1. The second-order valence-corrected chi connectivity index (χ2v) is 9.29. The van der Waals surface area contributed by atoms with E-state index in [-0.39, 0.29) is 29.4 Å². The van der Waals surface area contributed by atoms with Gasteiger partial charge in [0.05, 0.1) is 0 Å². The van der Waals surface area contributed by atoms with Crippen molar-refractivity contribution in [3.8, 4) is 0 Å². The molecule has 1 fully saturated rings. The van der Waals surface area contributed by atoms with Crippen molar-refractivity contribution < 1.29 is 0 Å². The molecule has 1 aliphatic heterocycles. The Hall–Kier alpha value is -0.860. The molecule has 0 spiro atoms. The van der Waals surface area contributed by atoms with Gasteiger partial charge in [0.2, 0.25) is 0 Å². The lowest BCUT2D eigenvalue weighted by Gasteiger charge is -2.34. The summed E-state index contributed by atoms with van der Waals surface area (Å²) in [4.78, 5) is 9.35. The molecule has 1 saturated heterocycles. The van der Waals surface area contributed by atoms with Gasteiger partial charge in [-0.05, 0) is 35.9 Å². The number of hydrogen-bond acceptors (Lipinski definition) is 3. The first-order valence-corrected chi connectivity index (χ1v) is 10.7. The maximum atomic E-state index is 4.37. The molecule has 2 rings (SSSR count). The van der Waals surface area contributed by atoms with Crippen LogP contribution in [0.15, 0.2) is 29.3 Å². The van der Waals surface area contributed by atoms with Crippen LogP contribution >= 0.6 is 24.0 Å². The van der Waals surface area contributed by atoms with Crippen molar-refractivity contribution in [2.45, 2.75) is 39.5 Å². The van der Waals surface area contributed by atoms with E-state index in [1.165, 1.54) is 37.3 Å². The van der Waals surface area contributed by atoms with E-state index in [1.54, 1.807) is 0 Å². The number of nitrogens with one attached hydrogen (secondary N) is 2. The Balaban J connectivity index is 0.00000420. The average Bonchev–Trinajstić information content (AvgIpc) is 2.66. The molecule has 1 unspecified atom stereocenters. The van der Waals surface area contributed by atoms with Gasteiger partial charge in [0.1, 0.15) is 0 Å². The molecule has 0 amide bonds. The number of nitrogens with zero attached hydrogens (tertiary/aromatic N) is 3. The van der Waals surface area contributed by atoms with Crippen molar-refractivity contribution in [2.24, 2.45) is 10.9 Å². The van der Waals surface area contributed by atoms with Crippen LogP contribution in [-0.4, -0.2) is 75.7 Å².